The maximum Gasteiger partial charge on any atom is 0.415 e. The number of aryl methyl sites for hydroxylation is 1. The van der Waals surface area contributed by atoms with Crippen molar-refractivity contribution < 1.29 is 26.7 Å². The predicted molar refractivity (Wildman–Crippen MR) is 58.4 cm³/mol. The van der Waals surface area contributed by atoms with Crippen molar-refractivity contribution in [2.75, 3.05) is 6.54 Å². The third-order valence-electron chi connectivity index (χ3n) is 2.23. The molecule has 1 atom stereocenters. The van der Waals surface area contributed by atoms with Crippen molar-refractivity contribution in [3.05, 3.63) is 29.8 Å². The summed E-state index contributed by atoms with van der Waals surface area (Å²) < 4.78 is 61.2. The lowest BCUT2D eigenvalue weighted by Gasteiger charge is -2.15. The number of benzene rings is 1. The molecule has 0 radical (unpaired) electrons. The van der Waals surface area contributed by atoms with Crippen LogP contribution in [0.25, 0.3) is 0 Å². The molecule has 1 rings (SSSR count). The van der Waals surface area contributed by atoms with Crippen LogP contribution in [0.5, 0.6) is 0 Å². The first-order chi connectivity index (χ1) is 8.14. The van der Waals surface area contributed by atoms with Gasteiger partial charge in [-0.05, 0) is 18.6 Å². The number of alkyl halides is 3. The molecule has 18 heavy (non-hydrogen) atoms. The fourth-order valence-electron chi connectivity index (χ4n) is 1.24. The summed E-state index contributed by atoms with van der Waals surface area (Å²) >= 11 is 0. The normalized spacial score (nSPS) is 14.5. The Balaban J connectivity index is 2.82. The highest BCUT2D eigenvalue weighted by Gasteiger charge is 2.38. The van der Waals surface area contributed by atoms with Gasteiger partial charge in [-0.3, -0.25) is 0 Å². The van der Waals surface area contributed by atoms with E-state index in [2.05, 4.69) is 0 Å². The Hall–Kier alpha value is -1.12. The molecule has 2 N–H and O–H groups in total. The van der Waals surface area contributed by atoms with Gasteiger partial charge in [0.1, 0.15) is 0 Å². The average Bonchev–Trinajstić information content (AvgIpc) is 2.25. The minimum absolute atomic E-state index is 0.112. The second-order valence-corrected chi connectivity index (χ2v) is 5.41. The van der Waals surface area contributed by atoms with Crippen LogP contribution in [-0.4, -0.2) is 32.3 Å². The van der Waals surface area contributed by atoms with Crippen LogP contribution in [0, 0.1) is 6.92 Å². The van der Waals surface area contributed by atoms with Crippen molar-refractivity contribution in [1.82, 2.24) is 4.72 Å². The number of sulfonamides is 1. The zero-order valence-electron chi connectivity index (χ0n) is 9.40. The molecule has 4 nitrogen and oxygen atoms in total. The van der Waals surface area contributed by atoms with Gasteiger partial charge in [-0.25, -0.2) is 13.1 Å². The third-order valence-corrected chi connectivity index (χ3v) is 3.81. The maximum absolute atomic E-state index is 12.0. The van der Waals surface area contributed by atoms with Gasteiger partial charge in [0, 0.05) is 6.54 Å². The number of aliphatic hydroxyl groups excluding tert-OH is 1. The Labute approximate surface area is 102 Å². The lowest BCUT2D eigenvalue weighted by molar-refractivity contribution is -0.200. The van der Waals surface area contributed by atoms with Crippen molar-refractivity contribution in [2.24, 2.45) is 0 Å². The average molecular weight is 283 g/mol. The molecular weight excluding hydrogens is 271 g/mol. The van der Waals surface area contributed by atoms with E-state index in [0.717, 1.165) is 0 Å². The Morgan fingerprint density at radius 1 is 1.33 bits per heavy atom. The molecule has 0 aliphatic carbocycles. The molecule has 0 saturated carbocycles. The summed E-state index contributed by atoms with van der Waals surface area (Å²) in [5.74, 6) is 0. The minimum Gasteiger partial charge on any atom is -0.382 e. The second kappa shape index (κ2) is 5.25. The Morgan fingerprint density at radius 2 is 1.89 bits per heavy atom. The number of rotatable bonds is 4. The summed E-state index contributed by atoms with van der Waals surface area (Å²) in [5, 5.41) is 8.71. The zero-order valence-corrected chi connectivity index (χ0v) is 10.2. The molecule has 0 saturated heterocycles. The standard InChI is InChI=1S/C10H12F3NO3S/c1-7-4-2-3-5-8(7)18(16,17)14-6-9(15)10(11,12)13/h2-5,9,14-15H,6H2,1H3. The SMILES string of the molecule is Cc1ccccc1S(=O)(=O)NCC(O)C(F)(F)F. The van der Waals surface area contributed by atoms with Crippen molar-refractivity contribution >= 4 is 10.0 Å². The first-order valence-electron chi connectivity index (χ1n) is 4.94. The summed E-state index contributed by atoms with van der Waals surface area (Å²) in [6.45, 7) is 0.412. The van der Waals surface area contributed by atoms with Gasteiger partial charge >= 0.3 is 6.18 Å². The summed E-state index contributed by atoms with van der Waals surface area (Å²) in [4.78, 5) is -0.112. The fourth-order valence-corrected chi connectivity index (χ4v) is 2.52. The number of hydrogen-bond acceptors (Lipinski definition) is 3. The molecule has 0 spiro atoms. The summed E-state index contributed by atoms with van der Waals surface area (Å²) in [6, 6.07) is 5.87. The topological polar surface area (TPSA) is 66.4 Å². The van der Waals surface area contributed by atoms with Gasteiger partial charge in [-0.1, -0.05) is 18.2 Å². The van der Waals surface area contributed by atoms with E-state index in [1.165, 1.54) is 25.1 Å². The molecule has 0 aliphatic heterocycles. The minimum atomic E-state index is -4.85. The van der Waals surface area contributed by atoms with Crippen molar-refractivity contribution in [2.45, 2.75) is 24.1 Å². The van der Waals surface area contributed by atoms with E-state index in [4.69, 9.17) is 5.11 Å². The van der Waals surface area contributed by atoms with E-state index >= 15 is 0 Å². The van der Waals surface area contributed by atoms with Gasteiger partial charge < -0.3 is 5.11 Å². The van der Waals surface area contributed by atoms with E-state index in [-0.39, 0.29) is 4.90 Å². The lowest BCUT2D eigenvalue weighted by Crippen LogP contribution is -2.40. The summed E-state index contributed by atoms with van der Waals surface area (Å²) in [7, 11) is -4.06. The van der Waals surface area contributed by atoms with E-state index in [1.807, 2.05) is 0 Å². The molecule has 0 fully saturated rings. The Morgan fingerprint density at radius 3 is 2.39 bits per heavy atom. The Bertz CT molecular complexity index is 513. The van der Waals surface area contributed by atoms with E-state index in [9.17, 15) is 21.6 Å². The first-order valence-corrected chi connectivity index (χ1v) is 6.43. The lowest BCUT2D eigenvalue weighted by atomic mass is 10.2. The van der Waals surface area contributed by atoms with Gasteiger partial charge in [-0.2, -0.15) is 13.2 Å². The van der Waals surface area contributed by atoms with Gasteiger partial charge in [-0.15, -0.1) is 0 Å². The zero-order chi connectivity index (χ0) is 14.0. The molecule has 8 heteroatoms. The summed E-state index contributed by atoms with van der Waals surface area (Å²) in [5.41, 5.74) is 0.409. The van der Waals surface area contributed by atoms with Crippen LogP contribution >= 0.6 is 0 Å². The Kier molecular flexibility index (Phi) is 4.36. The van der Waals surface area contributed by atoms with E-state index in [0.29, 0.717) is 5.56 Å². The highest BCUT2D eigenvalue weighted by Crippen LogP contribution is 2.20. The van der Waals surface area contributed by atoms with Crippen LogP contribution in [-0.2, 0) is 10.0 Å². The second-order valence-electron chi connectivity index (χ2n) is 3.67. The molecule has 1 aromatic rings. The van der Waals surface area contributed by atoms with Crippen LogP contribution < -0.4 is 4.72 Å². The predicted octanol–water partition coefficient (Wildman–Crippen LogP) is 1.20. The van der Waals surface area contributed by atoms with Crippen LogP contribution in [0.1, 0.15) is 5.56 Å². The third kappa shape index (κ3) is 3.69. The van der Waals surface area contributed by atoms with Crippen molar-refractivity contribution in [3.8, 4) is 0 Å². The molecule has 1 unspecified atom stereocenters. The highest BCUT2D eigenvalue weighted by atomic mass is 32.2. The monoisotopic (exact) mass is 283 g/mol. The molecular formula is C10H12F3NO3S. The smallest absolute Gasteiger partial charge is 0.382 e. The largest absolute Gasteiger partial charge is 0.415 e. The van der Waals surface area contributed by atoms with E-state index < -0.39 is 28.8 Å². The highest BCUT2D eigenvalue weighted by molar-refractivity contribution is 7.89. The van der Waals surface area contributed by atoms with Crippen LogP contribution in [0.2, 0.25) is 0 Å². The van der Waals surface area contributed by atoms with Gasteiger partial charge in [0.25, 0.3) is 0 Å². The number of hydrogen-bond donors (Lipinski definition) is 2. The molecule has 0 bridgehead atoms. The van der Waals surface area contributed by atoms with Crippen LogP contribution in [0.15, 0.2) is 29.2 Å². The number of halogens is 3. The van der Waals surface area contributed by atoms with E-state index in [1.54, 1.807) is 10.8 Å². The van der Waals surface area contributed by atoms with Crippen molar-refractivity contribution in [3.63, 3.8) is 0 Å². The first kappa shape index (κ1) is 14.9. The molecule has 0 amide bonds. The van der Waals surface area contributed by atoms with Crippen LogP contribution in [0.3, 0.4) is 0 Å². The number of aliphatic hydroxyl groups is 1. The quantitative estimate of drug-likeness (QED) is 0.872. The molecule has 1 aromatic carbocycles. The molecule has 0 heterocycles. The van der Waals surface area contributed by atoms with Gasteiger partial charge in [0.2, 0.25) is 10.0 Å². The molecule has 0 aromatic heterocycles. The van der Waals surface area contributed by atoms with Crippen molar-refractivity contribution in [1.29, 1.82) is 0 Å². The fraction of sp³-hybridized carbons (Fsp3) is 0.400. The van der Waals surface area contributed by atoms with Crippen LogP contribution in [0.4, 0.5) is 13.2 Å². The maximum atomic E-state index is 12.0. The molecule has 0 aliphatic rings. The molecule has 102 valence electrons. The number of nitrogens with one attached hydrogen (secondary N) is 1. The van der Waals surface area contributed by atoms with Gasteiger partial charge in [0.15, 0.2) is 6.10 Å². The van der Waals surface area contributed by atoms with Gasteiger partial charge in [0.05, 0.1) is 4.90 Å². The summed E-state index contributed by atoms with van der Waals surface area (Å²) in [6.07, 6.45) is -7.58.